The molecule has 78 valence electrons. The minimum absolute atomic E-state index is 0.0520. The first-order valence-corrected chi connectivity index (χ1v) is 4.48. The third-order valence-electron chi connectivity index (χ3n) is 2.10. The normalized spacial score (nSPS) is 12.9. The number of benzene rings is 1. The van der Waals surface area contributed by atoms with Crippen LogP contribution in [0.1, 0.15) is 5.56 Å². The maximum atomic E-state index is 12.8. The van der Waals surface area contributed by atoms with Crippen LogP contribution in [0.3, 0.4) is 0 Å². The Kier molecular flexibility index (Phi) is 3.98. The zero-order valence-electron chi connectivity index (χ0n) is 8.06. The van der Waals surface area contributed by atoms with Crippen LogP contribution >= 0.6 is 0 Å². The van der Waals surface area contributed by atoms with Gasteiger partial charge in [0, 0.05) is 18.7 Å². The van der Waals surface area contributed by atoms with Crippen LogP contribution in [0.15, 0.2) is 18.2 Å². The second-order valence-electron chi connectivity index (χ2n) is 3.20. The number of nitrogens with one attached hydrogen (secondary N) is 1. The fourth-order valence-electron chi connectivity index (χ4n) is 1.32. The molecule has 0 radical (unpaired) electrons. The van der Waals surface area contributed by atoms with Gasteiger partial charge in [-0.25, -0.2) is 8.78 Å². The minimum Gasteiger partial charge on any atom is -0.329 e. The van der Waals surface area contributed by atoms with Crippen molar-refractivity contribution in [1.82, 2.24) is 5.32 Å². The number of rotatable bonds is 4. The molecule has 14 heavy (non-hydrogen) atoms. The van der Waals surface area contributed by atoms with Crippen LogP contribution in [0.5, 0.6) is 0 Å². The van der Waals surface area contributed by atoms with Gasteiger partial charge in [0.05, 0.1) is 0 Å². The molecule has 0 amide bonds. The lowest BCUT2D eigenvalue weighted by Crippen LogP contribution is -2.35. The van der Waals surface area contributed by atoms with Gasteiger partial charge in [0.15, 0.2) is 0 Å². The van der Waals surface area contributed by atoms with Gasteiger partial charge in [-0.3, -0.25) is 0 Å². The Hall–Kier alpha value is -1.00. The molecule has 0 fully saturated rings. The molecule has 1 aromatic carbocycles. The van der Waals surface area contributed by atoms with E-state index in [1.165, 1.54) is 12.1 Å². The van der Waals surface area contributed by atoms with Gasteiger partial charge in [-0.1, -0.05) is 0 Å². The van der Waals surface area contributed by atoms with Crippen LogP contribution in [-0.2, 0) is 6.42 Å². The van der Waals surface area contributed by atoms with E-state index in [0.717, 1.165) is 6.07 Å². The maximum absolute atomic E-state index is 12.8. The molecule has 0 aromatic heterocycles. The SMILES string of the molecule is CNC(CN)Cc1cc(F)cc(F)c1. The summed E-state index contributed by atoms with van der Waals surface area (Å²) in [6, 6.07) is 3.56. The molecule has 0 saturated carbocycles. The van der Waals surface area contributed by atoms with Gasteiger partial charge in [-0.05, 0) is 31.2 Å². The summed E-state index contributed by atoms with van der Waals surface area (Å²) in [4.78, 5) is 0. The summed E-state index contributed by atoms with van der Waals surface area (Å²) in [6.07, 6.45) is 0.529. The quantitative estimate of drug-likeness (QED) is 0.762. The highest BCUT2D eigenvalue weighted by molar-refractivity contribution is 5.19. The summed E-state index contributed by atoms with van der Waals surface area (Å²) in [5.74, 6) is -1.10. The van der Waals surface area contributed by atoms with Crippen LogP contribution < -0.4 is 11.1 Å². The third-order valence-corrected chi connectivity index (χ3v) is 2.10. The molecule has 0 saturated heterocycles. The molecule has 0 heterocycles. The number of hydrogen-bond acceptors (Lipinski definition) is 2. The first-order chi connectivity index (χ1) is 6.65. The summed E-state index contributed by atoms with van der Waals surface area (Å²) < 4.78 is 25.6. The summed E-state index contributed by atoms with van der Waals surface area (Å²) >= 11 is 0. The lowest BCUT2D eigenvalue weighted by Gasteiger charge is -2.13. The number of nitrogens with two attached hydrogens (primary N) is 1. The standard InChI is InChI=1S/C10H14F2N2/c1-14-10(6-13)4-7-2-8(11)5-9(12)3-7/h2-3,5,10,14H,4,6,13H2,1H3. The monoisotopic (exact) mass is 200 g/mol. The molecule has 0 aliphatic rings. The molecule has 2 nitrogen and oxygen atoms in total. The minimum atomic E-state index is -0.549. The van der Waals surface area contributed by atoms with Gasteiger partial charge < -0.3 is 11.1 Å². The van der Waals surface area contributed by atoms with Gasteiger partial charge >= 0.3 is 0 Å². The molecular formula is C10H14F2N2. The van der Waals surface area contributed by atoms with Gasteiger partial charge in [-0.15, -0.1) is 0 Å². The van der Waals surface area contributed by atoms with Crippen LogP contribution in [0.4, 0.5) is 8.78 Å². The average Bonchev–Trinajstić information content (AvgIpc) is 2.12. The molecule has 0 spiro atoms. The Labute approximate surface area is 82.1 Å². The van der Waals surface area contributed by atoms with Crippen molar-refractivity contribution in [3.05, 3.63) is 35.4 Å². The Morgan fingerprint density at radius 2 is 1.86 bits per heavy atom. The van der Waals surface area contributed by atoms with Crippen molar-refractivity contribution in [2.45, 2.75) is 12.5 Å². The second-order valence-corrected chi connectivity index (χ2v) is 3.20. The Morgan fingerprint density at radius 3 is 2.29 bits per heavy atom. The number of likely N-dealkylation sites (N-methyl/N-ethyl adjacent to an activating group) is 1. The maximum Gasteiger partial charge on any atom is 0.126 e. The van der Waals surface area contributed by atoms with Crippen molar-refractivity contribution in [2.75, 3.05) is 13.6 Å². The Morgan fingerprint density at radius 1 is 1.29 bits per heavy atom. The van der Waals surface area contributed by atoms with Crippen molar-refractivity contribution >= 4 is 0 Å². The van der Waals surface area contributed by atoms with E-state index in [4.69, 9.17) is 5.73 Å². The molecule has 1 aromatic rings. The summed E-state index contributed by atoms with van der Waals surface area (Å²) in [5.41, 5.74) is 6.08. The summed E-state index contributed by atoms with van der Waals surface area (Å²) in [7, 11) is 1.77. The Balaban J connectivity index is 2.75. The molecule has 3 N–H and O–H groups in total. The van der Waals surface area contributed by atoms with Gasteiger partial charge in [0.25, 0.3) is 0 Å². The van der Waals surface area contributed by atoms with E-state index in [0.29, 0.717) is 18.5 Å². The van der Waals surface area contributed by atoms with E-state index in [9.17, 15) is 8.78 Å². The predicted molar refractivity (Wildman–Crippen MR) is 52.0 cm³/mol. The topological polar surface area (TPSA) is 38.0 Å². The third kappa shape index (κ3) is 3.05. The molecule has 1 rings (SSSR count). The molecule has 0 aliphatic heterocycles. The van der Waals surface area contributed by atoms with E-state index in [2.05, 4.69) is 5.32 Å². The van der Waals surface area contributed by atoms with E-state index in [1.807, 2.05) is 0 Å². The van der Waals surface area contributed by atoms with Gasteiger partial charge in [0.1, 0.15) is 11.6 Å². The zero-order chi connectivity index (χ0) is 10.6. The van der Waals surface area contributed by atoms with Gasteiger partial charge in [0.2, 0.25) is 0 Å². The highest BCUT2D eigenvalue weighted by Gasteiger charge is 2.06. The van der Waals surface area contributed by atoms with Crippen molar-refractivity contribution in [3.63, 3.8) is 0 Å². The van der Waals surface area contributed by atoms with E-state index >= 15 is 0 Å². The predicted octanol–water partition coefficient (Wildman–Crippen LogP) is 1.05. The molecular weight excluding hydrogens is 186 g/mol. The lowest BCUT2D eigenvalue weighted by atomic mass is 10.1. The van der Waals surface area contributed by atoms with E-state index in [1.54, 1.807) is 7.05 Å². The number of halogens is 2. The molecule has 4 heteroatoms. The average molecular weight is 200 g/mol. The van der Waals surface area contributed by atoms with Crippen molar-refractivity contribution in [2.24, 2.45) is 5.73 Å². The highest BCUT2D eigenvalue weighted by atomic mass is 19.1. The summed E-state index contributed by atoms with van der Waals surface area (Å²) in [5, 5.41) is 2.97. The second kappa shape index (κ2) is 5.02. The van der Waals surface area contributed by atoms with E-state index in [-0.39, 0.29) is 6.04 Å². The van der Waals surface area contributed by atoms with Crippen LogP contribution in [0.2, 0.25) is 0 Å². The smallest absolute Gasteiger partial charge is 0.126 e. The first kappa shape index (κ1) is 11.1. The van der Waals surface area contributed by atoms with Crippen molar-refractivity contribution in [1.29, 1.82) is 0 Å². The molecule has 1 atom stereocenters. The van der Waals surface area contributed by atoms with Crippen molar-refractivity contribution < 1.29 is 8.78 Å². The van der Waals surface area contributed by atoms with Crippen LogP contribution in [0, 0.1) is 11.6 Å². The van der Waals surface area contributed by atoms with E-state index < -0.39 is 11.6 Å². The van der Waals surface area contributed by atoms with Crippen LogP contribution in [-0.4, -0.2) is 19.6 Å². The number of hydrogen-bond donors (Lipinski definition) is 2. The fourth-order valence-corrected chi connectivity index (χ4v) is 1.32. The highest BCUT2D eigenvalue weighted by Crippen LogP contribution is 2.09. The Bertz CT molecular complexity index is 278. The molecule has 0 aliphatic carbocycles. The molecule has 1 unspecified atom stereocenters. The van der Waals surface area contributed by atoms with Crippen molar-refractivity contribution in [3.8, 4) is 0 Å². The fraction of sp³-hybridized carbons (Fsp3) is 0.400. The largest absolute Gasteiger partial charge is 0.329 e. The molecule has 0 bridgehead atoms. The first-order valence-electron chi connectivity index (χ1n) is 4.48. The van der Waals surface area contributed by atoms with Gasteiger partial charge in [-0.2, -0.15) is 0 Å². The lowest BCUT2D eigenvalue weighted by molar-refractivity contribution is 0.552. The summed E-state index contributed by atoms with van der Waals surface area (Å²) in [6.45, 7) is 0.439. The van der Waals surface area contributed by atoms with Crippen LogP contribution in [0.25, 0.3) is 0 Å². The zero-order valence-corrected chi connectivity index (χ0v) is 8.06.